The Kier molecular flexibility index (Phi) is 6.76. The number of hydrogen-bond donors (Lipinski definition) is 3. The number of ether oxygens (including phenoxy) is 2. The highest BCUT2D eigenvalue weighted by Gasteiger charge is 2.28. The van der Waals surface area contributed by atoms with Crippen LogP contribution < -0.4 is 5.43 Å². The molecule has 10 heteroatoms. The highest BCUT2D eigenvalue weighted by atomic mass is 35.5. The van der Waals surface area contributed by atoms with Crippen LogP contribution in [-0.4, -0.2) is 47.9 Å². The van der Waals surface area contributed by atoms with Gasteiger partial charge in [-0.25, -0.2) is 10.2 Å². The summed E-state index contributed by atoms with van der Waals surface area (Å²) >= 11 is 6.21. The van der Waals surface area contributed by atoms with Crippen molar-refractivity contribution in [2.75, 3.05) is 14.2 Å². The van der Waals surface area contributed by atoms with Gasteiger partial charge in [0.25, 0.3) is 5.91 Å². The third-order valence-corrected chi connectivity index (χ3v) is 5.06. The maximum atomic E-state index is 12.4. The Bertz CT molecular complexity index is 1090. The van der Waals surface area contributed by atoms with Crippen LogP contribution in [0.3, 0.4) is 0 Å². The maximum Gasteiger partial charge on any atom is 0.340 e. The van der Waals surface area contributed by atoms with Crippen LogP contribution in [0.1, 0.15) is 33.6 Å². The number of esters is 2. The molecule has 162 valence electrons. The van der Waals surface area contributed by atoms with Crippen molar-refractivity contribution in [3.05, 3.63) is 57.4 Å². The number of rotatable bonds is 7. The van der Waals surface area contributed by atoms with Gasteiger partial charge in [0.2, 0.25) is 0 Å². The summed E-state index contributed by atoms with van der Waals surface area (Å²) in [6, 6.07) is 6.72. The zero-order valence-corrected chi connectivity index (χ0v) is 17.6. The predicted molar refractivity (Wildman–Crippen MR) is 113 cm³/mol. The van der Waals surface area contributed by atoms with Crippen LogP contribution in [0.4, 0.5) is 0 Å². The number of aromatic hydroxyl groups is 1. The predicted octanol–water partition coefficient (Wildman–Crippen LogP) is 2.38. The molecule has 0 aliphatic carbocycles. The second-order valence-electron chi connectivity index (χ2n) is 6.67. The second-order valence-corrected chi connectivity index (χ2v) is 7.05. The van der Waals surface area contributed by atoms with Crippen molar-refractivity contribution >= 4 is 41.2 Å². The minimum absolute atomic E-state index is 0.0444. The van der Waals surface area contributed by atoms with E-state index < -0.39 is 17.8 Å². The summed E-state index contributed by atoms with van der Waals surface area (Å²) in [5.41, 5.74) is 4.60. The summed E-state index contributed by atoms with van der Waals surface area (Å²) < 4.78 is 9.49. The Labute approximate surface area is 182 Å². The smallest absolute Gasteiger partial charge is 0.340 e. The lowest BCUT2D eigenvalue weighted by atomic mass is 10.00. The second kappa shape index (κ2) is 9.48. The first-order valence-corrected chi connectivity index (χ1v) is 9.64. The Hall–Kier alpha value is -3.59. The normalized spacial score (nSPS) is 14.4. The van der Waals surface area contributed by atoms with Gasteiger partial charge < -0.3 is 19.6 Å². The van der Waals surface area contributed by atoms with E-state index in [1.54, 1.807) is 24.3 Å². The lowest BCUT2D eigenvalue weighted by Gasteiger charge is -2.05. The summed E-state index contributed by atoms with van der Waals surface area (Å²) in [7, 11) is 2.43. The van der Waals surface area contributed by atoms with Crippen molar-refractivity contribution < 1.29 is 29.0 Å². The van der Waals surface area contributed by atoms with Crippen LogP contribution in [0.2, 0.25) is 5.15 Å². The quantitative estimate of drug-likeness (QED) is 0.443. The van der Waals surface area contributed by atoms with Crippen molar-refractivity contribution in [2.24, 2.45) is 5.10 Å². The Morgan fingerprint density at radius 2 is 1.87 bits per heavy atom. The first-order chi connectivity index (χ1) is 14.8. The highest BCUT2D eigenvalue weighted by molar-refractivity contribution is 6.32. The van der Waals surface area contributed by atoms with Crippen LogP contribution in [0.25, 0.3) is 6.08 Å². The summed E-state index contributed by atoms with van der Waals surface area (Å²) in [5, 5.41) is 13.5. The van der Waals surface area contributed by atoms with Crippen molar-refractivity contribution in [1.82, 2.24) is 10.4 Å². The fraction of sp³-hybridized carbons (Fsp3) is 0.238. The molecular formula is C21H20ClN3O6. The van der Waals surface area contributed by atoms with Gasteiger partial charge in [0.1, 0.15) is 10.9 Å². The molecule has 1 amide bonds. The van der Waals surface area contributed by atoms with Crippen LogP contribution >= 0.6 is 11.6 Å². The number of hydrazone groups is 1. The number of benzene rings is 1. The van der Waals surface area contributed by atoms with Crippen molar-refractivity contribution in [3.8, 4) is 5.75 Å². The van der Waals surface area contributed by atoms with E-state index in [-0.39, 0.29) is 39.7 Å². The standard InChI is InChI=1S/C21H20ClN3O6/c1-30-17(27)10-14-18(21(29)31-2)16(23-19(14)22)9-13-15(24-25-20(13)28)8-5-11-3-6-12(26)7-4-11/h3-4,6-7,9,23,26H,5,8,10H2,1-2H3,(H,25,28). The van der Waals surface area contributed by atoms with Crippen molar-refractivity contribution in [2.45, 2.75) is 19.3 Å². The molecule has 1 aliphatic heterocycles. The number of aryl methyl sites for hydroxylation is 1. The Morgan fingerprint density at radius 1 is 1.16 bits per heavy atom. The van der Waals surface area contributed by atoms with E-state index in [0.717, 1.165) is 5.56 Å². The molecule has 1 aromatic carbocycles. The minimum atomic E-state index is -0.713. The molecule has 2 heterocycles. The first kappa shape index (κ1) is 22.1. The van der Waals surface area contributed by atoms with E-state index >= 15 is 0 Å². The molecule has 3 N–H and O–H groups in total. The van der Waals surface area contributed by atoms with E-state index in [9.17, 15) is 19.5 Å². The van der Waals surface area contributed by atoms with Gasteiger partial charge >= 0.3 is 11.9 Å². The molecule has 0 bridgehead atoms. The molecule has 0 radical (unpaired) electrons. The molecule has 0 fully saturated rings. The fourth-order valence-corrected chi connectivity index (χ4v) is 3.40. The molecule has 1 aromatic heterocycles. The average Bonchev–Trinajstić information content (AvgIpc) is 3.26. The number of phenolic OH excluding ortho intramolecular Hbond substituents is 1. The van der Waals surface area contributed by atoms with E-state index in [1.165, 1.54) is 20.3 Å². The number of carbonyl (C=O) groups is 3. The van der Waals surface area contributed by atoms with Crippen LogP contribution in [0.5, 0.6) is 5.75 Å². The first-order valence-electron chi connectivity index (χ1n) is 9.26. The molecular weight excluding hydrogens is 426 g/mol. The van der Waals surface area contributed by atoms with E-state index in [1.807, 2.05) is 0 Å². The van der Waals surface area contributed by atoms with Crippen LogP contribution in [0, 0.1) is 0 Å². The van der Waals surface area contributed by atoms with Crippen molar-refractivity contribution in [1.29, 1.82) is 0 Å². The number of H-pyrrole nitrogens is 1. The van der Waals surface area contributed by atoms with Gasteiger partial charge in [-0.05, 0) is 36.6 Å². The number of nitrogens with zero attached hydrogens (tertiary/aromatic N) is 1. The number of nitrogens with one attached hydrogen (secondary N) is 2. The molecule has 0 atom stereocenters. The lowest BCUT2D eigenvalue weighted by molar-refractivity contribution is -0.139. The maximum absolute atomic E-state index is 12.4. The topological polar surface area (TPSA) is 130 Å². The molecule has 1 aliphatic rings. The van der Waals surface area contributed by atoms with Gasteiger partial charge in [0.15, 0.2) is 0 Å². The van der Waals surface area contributed by atoms with Gasteiger partial charge in [0, 0.05) is 5.56 Å². The summed E-state index contributed by atoms with van der Waals surface area (Å²) in [6.45, 7) is 0. The average molecular weight is 446 g/mol. The number of hydrogen-bond acceptors (Lipinski definition) is 7. The molecule has 0 saturated heterocycles. The number of phenols is 1. The zero-order chi connectivity index (χ0) is 22.5. The van der Waals surface area contributed by atoms with Gasteiger partial charge in [-0.15, -0.1) is 0 Å². The summed E-state index contributed by atoms with van der Waals surface area (Å²) in [4.78, 5) is 39.3. The van der Waals surface area contributed by atoms with Gasteiger partial charge in [0.05, 0.1) is 43.2 Å². The number of methoxy groups -OCH3 is 2. The van der Waals surface area contributed by atoms with Crippen molar-refractivity contribution in [3.63, 3.8) is 0 Å². The molecule has 3 rings (SSSR count). The van der Waals surface area contributed by atoms with E-state index in [2.05, 4.69) is 20.2 Å². The number of aromatic nitrogens is 1. The van der Waals surface area contributed by atoms with Gasteiger partial charge in [-0.1, -0.05) is 23.7 Å². The lowest BCUT2D eigenvalue weighted by Crippen LogP contribution is -2.14. The minimum Gasteiger partial charge on any atom is -0.508 e. The molecule has 0 saturated carbocycles. The summed E-state index contributed by atoms with van der Waals surface area (Å²) in [6.07, 6.45) is 2.23. The van der Waals surface area contributed by atoms with Gasteiger partial charge in [-0.2, -0.15) is 5.10 Å². The fourth-order valence-electron chi connectivity index (χ4n) is 3.13. The molecule has 2 aromatic rings. The number of aromatic amines is 1. The molecule has 31 heavy (non-hydrogen) atoms. The molecule has 0 spiro atoms. The Morgan fingerprint density at radius 3 is 2.52 bits per heavy atom. The monoisotopic (exact) mass is 445 g/mol. The summed E-state index contributed by atoms with van der Waals surface area (Å²) in [5.74, 6) is -1.56. The number of amides is 1. The third kappa shape index (κ3) is 4.95. The van der Waals surface area contributed by atoms with E-state index in [0.29, 0.717) is 18.6 Å². The Balaban J connectivity index is 1.92. The third-order valence-electron chi connectivity index (χ3n) is 4.74. The molecule has 0 unspecified atom stereocenters. The zero-order valence-electron chi connectivity index (χ0n) is 16.8. The largest absolute Gasteiger partial charge is 0.508 e. The number of carbonyl (C=O) groups excluding carboxylic acids is 3. The van der Waals surface area contributed by atoms with E-state index in [4.69, 9.17) is 16.3 Å². The highest BCUT2D eigenvalue weighted by Crippen LogP contribution is 2.28. The SMILES string of the molecule is COC(=O)Cc1c(Cl)[nH]c(C=C2C(=O)NN=C2CCc2ccc(O)cc2)c1C(=O)OC. The molecule has 9 nitrogen and oxygen atoms in total. The van der Waals surface area contributed by atoms with Gasteiger partial charge in [-0.3, -0.25) is 9.59 Å². The van der Waals surface area contributed by atoms with Crippen LogP contribution in [-0.2, 0) is 31.9 Å². The number of halogens is 1. The van der Waals surface area contributed by atoms with Crippen LogP contribution in [0.15, 0.2) is 34.9 Å².